The van der Waals surface area contributed by atoms with Crippen LogP contribution in [0.2, 0.25) is 0 Å². The summed E-state index contributed by atoms with van der Waals surface area (Å²) in [5.41, 5.74) is 3.40. The summed E-state index contributed by atoms with van der Waals surface area (Å²) in [5.74, 6) is 0.709. The first kappa shape index (κ1) is 19.5. The monoisotopic (exact) mass is 393 g/mol. The summed E-state index contributed by atoms with van der Waals surface area (Å²) < 4.78 is 5.47. The second-order valence-corrected chi connectivity index (χ2v) is 7.64. The number of amides is 2. The van der Waals surface area contributed by atoms with Crippen LogP contribution in [0.4, 0.5) is 5.69 Å². The van der Waals surface area contributed by atoms with Gasteiger partial charge in [0, 0.05) is 45.7 Å². The molecule has 152 valence electrons. The maximum atomic E-state index is 12.7. The van der Waals surface area contributed by atoms with Gasteiger partial charge >= 0.3 is 0 Å². The second-order valence-electron chi connectivity index (χ2n) is 7.64. The fourth-order valence-corrected chi connectivity index (χ4v) is 3.95. The number of piperazine rings is 1. The van der Waals surface area contributed by atoms with Crippen LogP contribution >= 0.6 is 0 Å². The van der Waals surface area contributed by atoms with Gasteiger partial charge in [-0.2, -0.15) is 0 Å². The molecule has 0 spiro atoms. The largest absolute Gasteiger partial charge is 0.482 e. The molecule has 0 aliphatic carbocycles. The van der Waals surface area contributed by atoms with Crippen LogP contribution in [0.1, 0.15) is 17.5 Å². The Morgan fingerprint density at radius 2 is 1.72 bits per heavy atom. The van der Waals surface area contributed by atoms with Gasteiger partial charge < -0.3 is 14.5 Å². The van der Waals surface area contributed by atoms with Gasteiger partial charge in [0.1, 0.15) is 5.75 Å². The van der Waals surface area contributed by atoms with Crippen LogP contribution in [0, 0.1) is 6.92 Å². The van der Waals surface area contributed by atoms with Gasteiger partial charge in [0.05, 0.1) is 5.69 Å². The summed E-state index contributed by atoms with van der Waals surface area (Å²) in [6, 6.07) is 15.9. The zero-order valence-electron chi connectivity index (χ0n) is 16.8. The van der Waals surface area contributed by atoms with Gasteiger partial charge in [0.25, 0.3) is 5.91 Å². The molecule has 0 aromatic heterocycles. The normalized spacial score (nSPS) is 17.1. The third-order valence-corrected chi connectivity index (χ3v) is 5.74. The van der Waals surface area contributed by atoms with Crippen molar-refractivity contribution in [1.82, 2.24) is 9.80 Å². The van der Waals surface area contributed by atoms with Crippen molar-refractivity contribution in [3.8, 4) is 5.75 Å². The highest BCUT2D eigenvalue weighted by atomic mass is 16.5. The number of anilines is 1. The van der Waals surface area contributed by atoms with E-state index < -0.39 is 0 Å². The molecular weight excluding hydrogens is 366 g/mol. The van der Waals surface area contributed by atoms with Crippen LogP contribution < -0.4 is 9.64 Å². The van der Waals surface area contributed by atoms with E-state index in [0.29, 0.717) is 18.7 Å². The summed E-state index contributed by atoms with van der Waals surface area (Å²) in [6.07, 6.45) is 0.331. The maximum Gasteiger partial charge on any atom is 0.265 e. The molecule has 2 heterocycles. The first-order chi connectivity index (χ1) is 14.1. The molecule has 0 atom stereocenters. The number of fused-ring (bicyclic) bond motifs is 1. The standard InChI is InChI=1S/C23H27N3O3/c1-18-6-2-3-7-19(18)16-24-12-14-25(15-13-24)22(27)10-11-26-20-8-4-5-9-21(20)29-17-23(26)28/h2-9H,10-17H2,1H3. The smallest absolute Gasteiger partial charge is 0.265 e. The summed E-state index contributed by atoms with van der Waals surface area (Å²) >= 11 is 0. The molecule has 0 radical (unpaired) electrons. The molecule has 1 saturated heterocycles. The van der Waals surface area contributed by atoms with E-state index >= 15 is 0 Å². The number of benzene rings is 2. The van der Waals surface area contributed by atoms with Crippen molar-refractivity contribution >= 4 is 17.5 Å². The average Bonchev–Trinajstić information content (AvgIpc) is 2.75. The lowest BCUT2D eigenvalue weighted by atomic mass is 10.1. The number of nitrogens with zero attached hydrogens (tertiary/aromatic N) is 3. The first-order valence-electron chi connectivity index (χ1n) is 10.2. The van der Waals surface area contributed by atoms with Crippen LogP contribution in [0.3, 0.4) is 0 Å². The molecule has 2 aliphatic heterocycles. The minimum atomic E-state index is -0.0976. The second kappa shape index (κ2) is 8.66. The number of para-hydroxylation sites is 2. The molecule has 0 N–H and O–H groups in total. The van der Waals surface area contributed by atoms with Gasteiger partial charge in [-0.15, -0.1) is 0 Å². The number of aryl methyl sites for hydroxylation is 1. The molecule has 2 amide bonds. The molecule has 1 fully saturated rings. The highest BCUT2D eigenvalue weighted by molar-refractivity contribution is 5.98. The Morgan fingerprint density at radius 3 is 2.52 bits per heavy atom. The Balaban J connectivity index is 1.28. The molecule has 2 aromatic carbocycles. The Bertz CT molecular complexity index is 890. The summed E-state index contributed by atoms with van der Waals surface area (Å²) in [5, 5.41) is 0. The van der Waals surface area contributed by atoms with E-state index in [2.05, 4.69) is 36.1 Å². The van der Waals surface area contributed by atoms with E-state index in [1.165, 1.54) is 11.1 Å². The fraction of sp³-hybridized carbons (Fsp3) is 0.391. The third-order valence-electron chi connectivity index (χ3n) is 5.74. The van der Waals surface area contributed by atoms with Crippen LogP contribution in [-0.2, 0) is 16.1 Å². The predicted molar refractivity (Wildman–Crippen MR) is 112 cm³/mol. The Morgan fingerprint density at radius 1 is 1.00 bits per heavy atom. The fourth-order valence-electron chi connectivity index (χ4n) is 3.95. The van der Waals surface area contributed by atoms with E-state index in [1.807, 2.05) is 29.2 Å². The van der Waals surface area contributed by atoms with Crippen molar-refractivity contribution in [2.75, 3.05) is 44.2 Å². The van der Waals surface area contributed by atoms with Crippen molar-refractivity contribution < 1.29 is 14.3 Å². The van der Waals surface area contributed by atoms with E-state index in [4.69, 9.17) is 4.74 Å². The zero-order chi connectivity index (χ0) is 20.2. The van der Waals surface area contributed by atoms with Crippen LogP contribution in [-0.4, -0.2) is 60.9 Å². The molecule has 2 aromatic rings. The van der Waals surface area contributed by atoms with Crippen LogP contribution in [0.5, 0.6) is 5.75 Å². The first-order valence-corrected chi connectivity index (χ1v) is 10.2. The molecule has 0 saturated carbocycles. The SMILES string of the molecule is Cc1ccccc1CN1CCN(C(=O)CCN2C(=O)COc3ccccc32)CC1. The zero-order valence-corrected chi connectivity index (χ0v) is 16.8. The van der Waals surface area contributed by atoms with Gasteiger partial charge in [-0.05, 0) is 30.2 Å². The highest BCUT2D eigenvalue weighted by Crippen LogP contribution is 2.31. The van der Waals surface area contributed by atoms with Crippen molar-refractivity contribution in [1.29, 1.82) is 0 Å². The highest BCUT2D eigenvalue weighted by Gasteiger charge is 2.27. The topological polar surface area (TPSA) is 53.1 Å². The van der Waals surface area contributed by atoms with Crippen LogP contribution in [0.15, 0.2) is 48.5 Å². The molecule has 6 nitrogen and oxygen atoms in total. The van der Waals surface area contributed by atoms with Gasteiger partial charge in [-0.1, -0.05) is 36.4 Å². The average molecular weight is 393 g/mol. The molecule has 6 heteroatoms. The van der Waals surface area contributed by atoms with E-state index in [9.17, 15) is 9.59 Å². The number of ether oxygens (including phenoxy) is 1. The lowest BCUT2D eigenvalue weighted by molar-refractivity contribution is -0.132. The summed E-state index contributed by atoms with van der Waals surface area (Å²) in [7, 11) is 0. The molecule has 29 heavy (non-hydrogen) atoms. The lowest BCUT2D eigenvalue weighted by Gasteiger charge is -2.35. The number of hydrogen-bond acceptors (Lipinski definition) is 4. The number of rotatable bonds is 5. The van der Waals surface area contributed by atoms with Crippen molar-refractivity contribution in [2.45, 2.75) is 19.9 Å². The Hall–Kier alpha value is -2.86. The number of carbonyl (C=O) groups excluding carboxylic acids is 2. The van der Waals surface area contributed by atoms with Gasteiger partial charge in [-0.25, -0.2) is 0 Å². The van der Waals surface area contributed by atoms with Gasteiger partial charge in [0.2, 0.25) is 5.91 Å². The summed E-state index contributed by atoms with van der Waals surface area (Å²) in [6.45, 7) is 6.70. The van der Waals surface area contributed by atoms with Crippen molar-refractivity contribution in [3.05, 3.63) is 59.7 Å². The van der Waals surface area contributed by atoms with E-state index in [0.717, 1.165) is 38.4 Å². The van der Waals surface area contributed by atoms with Crippen molar-refractivity contribution in [2.24, 2.45) is 0 Å². The minimum Gasteiger partial charge on any atom is -0.482 e. The van der Waals surface area contributed by atoms with E-state index in [1.54, 1.807) is 4.90 Å². The Kier molecular flexibility index (Phi) is 5.81. The Labute approximate surface area is 171 Å². The van der Waals surface area contributed by atoms with Crippen molar-refractivity contribution in [3.63, 3.8) is 0 Å². The number of hydrogen-bond donors (Lipinski definition) is 0. The van der Waals surface area contributed by atoms with Crippen LogP contribution in [0.25, 0.3) is 0 Å². The quantitative estimate of drug-likeness (QED) is 0.783. The minimum absolute atomic E-state index is 0.0305. The van der Waals surface area contributed by atoms with Gasteiger partial charge in [0.15, 0.2) is 6.61 Å². The predicted octanol–water partition coefficient (Wildman–Crippen LogP) is 2.45. The molecule has 4 rings (SSSR count). The molecule has 0 unspecified atom stereocenters. The van der Waals surface area contributed by atoms with E-state index in [-0.39, 0.29) is 18.4 Å². The third kappa shape index (κ3) is 4.43. The van der Waals surface area contributed by atoms with Gasteiger partial charge in [-0.3, -0.25) is 14.5 Å². The molecular formula is C23H27N3O3. The number of carbonyl (C=O) groups is 2. The molecule has 0 bridgehead atoms. The molecule has 2 aliphatic rings. The lowest BCUT2D eigenvalue weighted by Crippen LogP contribution is -2.49. The summed E-state index contributed by atoms with van der Waals surface area (Å²) in [4.78, 5) is 31.0. The maximum absolute atomic E-state index is 12.7.